The summed E-state index contributed by atoms with van der Waals surface area (Å²) in [6.07, 6.45) is 6.87. The fourth-order valence-electron chi connectivity index (χ4n) is 2.69. The third-order valence-electron chi connectivity index (χ3n) is 3.79. The summed E-state index contributed by atoms with van der Waals surface area (Å²) in [6.45, 7) is 5.62. The maximum absolute atomic E-state index is 4.64. The third-order valence-corrected chi connectivity index (χ3v) is 5.05. The summed E-state index contributed by atoms with van der Waals surface area (Å²) in [5.41, 5.74) is 0. The van der Waals surface area contributed by atoms with Crippen molar-refractivity contribution in [3.8, 4) is 0 Å². The number of amidine groups is 1. The maximum Gasteiger partial charge on any atom is 0.156 e. The highest BCUT2D eigenvalue weighted by molar-refractivity contribution is 8.13. The van der Waals surface area contributed by atoms with Crippen molar-refractivity contribution in [2.75, 3.05) is 12.3 Å². The molecule has 3 unspecified atom stereocenters. The van der Waals surface area contributed by atoms with Crippen LogP contribution in [0.4, 0.5) is 0 Å². The van der Waals surface area contributed by atoms with Crippen molar-refractivity contribution in [2.24, 2.45) is 16.8 Å². The summed E-state index contributed by atoms with van der Waals surface area (Å²) in [5, 5.41) is 4.90. The number of hydrogen-bond acceptors (Lipinski definition) is 3. The van der Waals surface area contributed by atoms with Gasteiger partial charge in [0.25, 0.3) is 0 Å². The molecule has 0 aromatic rings. The molecule has 0 radical (unpaired) electrons. The van der Waals surface area contributed by atoms with E-state index in [1.54, 1.807) is 0 Å². The largest absolute Gasteiger partial charge is 0.362 e. The van der Waals surface area contributed by atoms with Crippen molar-refractivity contribution >= 4 is 16.9 Å². The quantitative estimate of drug-likeness (QED) is 0.801. The van der Waals surface area contributed by atoms with Crippen LogP contribution in [0.15, 0.2) is 4.99 Å². The van der Waals surface area contributed by atoms with Gasteiger partial charge in [0.1, 0.15) is 0 Å². The molecule has 0 aromatic carbocycles. The van der Waals surface area contributed by atoms with Crippen LogP contribution < -0.4 is 5.32 Å². The van der Waals surface area contributed by atoms with Crippen LogP contribution in [0, 0.1) is 11.8 Å². The van der Waals surface area contributed by atoms with E-state index in [1.807, 2.05) is 11.8 Å². The Morgan fingerprint density at radius 3 is 2.88 bits per heavy atom. The molecule has 16 heavy (non-hydrogen) atoms. The van der Waals surface area contributed by atoms with Crippen LogP contribution in [-0.2, 0) is 0 Å². The smallest absolute Gasteiger partial charge is 0.156 e. The van der Waals surface area contributed by atoms with Gasteiger partial charge in [0.15, 0.2) is 5.17 Å². The van der Waals surface area contributed by atoms with Crippen LogP contribution in [0.2, 0.25) is 0 Å². The zero-order valence-electron chi connectivity index (χ0n) is 10.5. The molecule has 2 aliphatic rings. The number of rotatable bonds is 2. The first-order valence-electron chi connectivity index (χ1n) is 6.73. The predicted molar refractivity (Wildman–Crippen MR) is 73.1 cm³/mol. The molecule has 1 aliphatic heterocycles. The Morgan fingerprint density at radius 1 is 1.38 bits per heavy atom. The first kappa shape index (κ1) is 12.3. The summed E-state index contributed by atoms with van der Waals surface area (Å²) in [7, 11) is 0. The Balaban J connectivity index is 1.87. The number of nitrogens with one attached hydrogen (secondary N) is 1. The monoisotopic (exact) mass is 240 g/mol. The van der Waals surface area contributed by atoms with E-state index < -0.39 is 0 Å². The van der Waals surface area contributed by atoms with E-state index >= 15 is 0 Å². The summed E-state index contributed by atoms with van der Waals surface area (Å²) < 4.78 is 0. The Bertz CT molecular complexity index is 252. The number of thioether (sulfide) groups is 1. The Hall–Kier alpha value is -0.180. The van der Waals surface area contributed by atoms with Crippen LogP contribution in [0.3, 0.4) is 0 Å². The van der Waals surface area contributed by atoms with Gasteiger partial charge in [0.2, 0.25) is 0 Å². The minimum Gasteiger partial charge on any atom is -0.362 e. The minimum absolute atomic E-state index is 0.693. The molecular formula is C13H24N2S. The predicted octanol–water partition coefficient (Wildman–Crippen LogP) is 3.28. The van der Waals surface area contributed by atoms with Crippen LogP contribution >= 0.6 is 11.8 Å². The summed E-state index contributed by atoms with van der Waals surface area (Å²) in [4.78, 5) is 4.64. The molecule has 0 saturated heterocycles. The van der Waals surface area contributed by atoms with Gasteiger partial charge >= 0.3 is 0 Å². The summed E-state index contributed by atoms with van der Waals surface area (Å²) in [5.74, 6) is 2.86. The van der Waals surface area contributed by atoms with Crippen molar-refractivity contribution in [3.05, 3.63) is 0 Å². The Morgan fingerprint density at radius 2 is 2.19 bits per heavy atom. The highest BCUT2D eigenvalue weighted by Gasteiger charge is 2.25. The van der Waals surface area contributed by atoms with Crippen molar-refractivity contribution in [1.82, 2.24) is 5.32 Å². The molecule has 1 fully saturated rings. The van der Waals surface area contributed by atoms with Gasteiger partial charge in [0, 0.05) is 18.3 Å². The van der Waals surface area contributed by atoms with Gasteiger partial charge in [-0.25, -0.2) is 0 Å². The number of nitrogens with zero attached hydrogens (tertiary/aromatic N) is 1. The van der Waals surface area contributed by atoms with Crippen LogP contribution in [-0.4, -0.2) is 23.5 Å². The van der Waals surface area contributed by atoms with E-state index in [9.17, 15) is 0 Å². The fourth-order valence-corrected chi connectivity index (χ4v) is 3.64. The molecule has 0 amide bonds. The van der Waals surface area contributed by atoms with Gasteiger partial charge in [-0.3, -0.25) is 4.99 Å². The van der Waals surface area contributed by atoms with Crippen molar-refractivity contribution in [2.45, 2.75) is 52.0 Å². The van der Waals surface area contributed by atoms with Gasteiger partial charge in [-0.05, 0) is 24.7 Å². The molecule has 3 heteroatoms. The first-order chi connectivity index (χ1) is 7.79. The maximum atomic E-state index is 4.64. The average Bonchev–Trinajstić information content (AvgIpc) is 2.33. The molecule has 1 aliphatic carbocycles. The lowest BCUT2D eigenvalue weighted by Crippen LogP contribution is -2.42. The molecule has 92 valence electrons. The SMILES string of the molecule is CCC1CCCCC1NC1=NCC(C)CS1. The van der Waals surface area contributed by atoms with Crippen molar-refractivity contribution in [1.29, 1.82) is 0 Å². The topological polar surface area (TPSA) is 24.4 Å². The molecule has 0 spiro atoms. The lowest BCUT2D eigenvalue weighted by Gasteiger charge is -2.33. The molecule has 2 nitrogen and oxygen atoms in total. The molecule has 2 rings (SSSR count). The van der Waals surface area contributed by atoms with E-state index in [-0.39, 0.29) is 0 Å². The second-order valence-electron chi connectivity index (χ2n) is 5.27. The molecule has 1 N–H and O–H groups in total. The summed E-state index contributed by atoms with van der Waals surface area (Å²) in [6, 6.07) is 0.693. The number of hydrogen-bond donors (Lipinski definition) is 1. The highest BCUT2D eigenvalue weighted by atomic mass is 32.2. The molecule has 3 atom stereocenters. The molecule has 0 aromatic heterocycles. The molecule has 1 saturated carbocycles. The highest BCUT2D eigenvalue weighted by Crippen LogP contribution is 2.28. The van der Waals surface area contributed by atoms with Gasteiger partial charge in [-0.1, -0.05) is 44.9 Å². The number of aliphatic imine (C=N–C) groups is 1. The first-order valence-corrected chi connectivity index (χ1v) is 7.72. The van der Waals surface area contributed by atoms with Crippen LogP contribution in [0.5, 0.6) is 0 Å². The Kier molecular flexibility index (Phi) is 4.56. The normalized spacial score (nSPS) is 35.6. The zero-order chi connectivity index (χ0) is 11.4. The van der Waals surface area contributed by atoms with Gasteiger partial charge in [0.05, 0.1) is 0 Å². The molecular weight excluding hydrogens is 216 g/mol. The summed E-state index contributed by atoms with van der Waals surface area (Å²) >= 11 is 1.92. The van der Waals surface area contributed by atoms with Gasteiger partial charge < -0.3 is 5.32 Å². The molecule has 1 heterocycles. The van der Waals surface area contributed by atoms with E-state index in [0.29, 0.717) is 6.04 Å². The van der Waals surface area contributed by atoms with Gasteiger partial charge in [-0.2, -0.15) is 0 Å². The van der Waals surface area contributed by atoms with E-state index in [2.05, 4.69) is 24.2 Å². The standard InChI is InChI=1S/C13H24N2S/c1-3-11-6-4-5-7-12(11)15-13-14-8-10(2)9-16-13/h10-12H,3-9H2,1-2H3,(H,14,15). The lowest BCUT2D eigenvalue weighted by molar-refractivity contribution is 0.281. The van der Waals surface area contributed by atoms with Crippen molar-refractivity contribution < 1.29 is 0 Å². The van der Waals surface area contributed by atoms with Gasteiger partial charge in [-0.15, -0.1) is 0 Å². The second kappa shape index (κ2) is 5.95. The molecule has 0 bridgehead atoms. The minimum atomic E-state index is 0.693. The van der Waals surface area contributed by atoms with E-state index in [4.69, 9.17) is 0 Å². The lowest BCUT2D eigenvalue weighted by atomic mass is 9.83. The third kappa shape index (κ3) is 3.16. The average molecular weight is 240 g/mol. The van der Waals surface area contributed by atoms with Crippen molar-refractivity contribution in [3.63, 3.8) is 0 Å². The van der Waals surface area contributed by atoms with Crippen LogP contribution in [0.25, 0.3) is 0 Å². The van der Waals surface area contributed by atoms with E-state index in [1.165, 1.54) is 43.0 Å². The van der Waals surface area contributed by atoms with E-state index in [0.717, 1.165) is 18.4 Å². The van der Waals surface area contributed by atoms with Crippen LogP contribution in [0.1, 0.15) is 46.0 Å². The zero-order valence-corrected chi connectivity index (χ0v) is 11.4. The second-order valence-corrected chi connectivity index (χ2v) is 6.27. The fraction of sp³-hybridized carbons (Fsp3) is 0.923. The Labute approximate surface area is 104 Å².